The highest BCUT2D eigenvalue weighted by Crippen LogP contribution is 2.19. The number of aromatic nitrogens is 1. The Morgan fingerprint density at radius 3 is 2.57 bits per heavy atom. The van der Waals surface area contributed by atoms with E-state index in [4.69, 9.17) is 0 Å². The van der Waals surface area contributed by atoms with Gasteiger partial charge in [-0.25, -0.2) is 9.98 Å². The fourth-order valence-electron chi connectivity index (χ4n) is 2.26. The molecular formula is C18H25F2N5O2S. The van der Waals surface area contributed by atoms with Crippen LogP contribution in [0.3, 0.4) is 0 Å². The SMILES string of the molecule is CCNC(=NCc1csc(N(C)C)n1)NCC(O)c1ccc(OC(F)F)cc1. The van der Waals surface area contributed by atoms with Crippen molar-refractivity contribution in [2.45, 2.75) is 26.2 Å². The first-order valence-electron chi connectivity index (χ1n) is 8.75. The number of hydrogen-bond donors (Lipinski definition) is 3. The standard InChI is InChI=1S/C18H25F2N5O2S/c1-4-21-17(22-9-13-11-28-18(24-13)25(2)3)23-10-15(26)12-5-7-14(8-6-12)27-16(19)20/h5-8,11,15-16,26H,4,9-10H2,1-3H3,(H2,21,22,23). The van der Waals surface area contributed by atoms with Gasteiger partial charge in [0.15, 0.2) is 11.1 Å². The maximum Gasteiger partial charge on any atom is 0.387 e. The third-order valence-electron chi connectivity index (χ3n) is 3.62. The molecule has 0 saturated carbocycles. The second-order valence-electron chi connectivity index (χ2n) is 6.06. The first kappa shape index (κ1) is 21.8. The molecule has 0 amide bonds. The van der Waals surface area contributed by atoms with Gasteiger partial charge in [-0.2, -0.15) is 8.78 Å². The maximum atomic E-state index is 12.2. The third kappa shape index (κ3) is 6.93. The van der Waals surface area contributed by atoms with Crippen LogP contribution in [-0.4, -0.2) is 49.8 Å². The Labute approximate surface area is 167 Å². The number of nitrogens with zero attached hydrogens (tertiary/aromatic N) is 3. The quantitative estimate of drug-likeness (QED) is 0.433. The summed E-state index contributed by atoms with van der Waals surface area (Å²) >= 11 is 1.55. The molecule has 0 saturated heterocycles. The summed E-state index contributed by atoms with van der Waals surface area (Å²) in [5.41, 5.74) is 1.45. The van der Waals surface area contributed by atoms with Crippen LogP contribution in [0, 0.1) is 0 Å². The number of rotatable bonds is 9. The average molecular weight is 413 g/mol. The van der Waals surface area contributed by atoms with Crippen molar-refractivity contribution < 1.29 is 18.6 Å². The zero-order valence-corrected chi connectivity index (χ0v) is 16.8. The molecule has 1 atom stereocenters. The second kappa shape index (κ2) is 10.8. The fraction of sp³-hybridized carbons (Fsp3) is 0.444. The van der Waals surface area contributed by atoms with Crippen LogP contribution in [0.1, 0.15) is 24.3 Å². The lowest BCUT2D eigenvalue weighted by atomic mass is 10.1. The van der Waals surface area contributed by atoms with Crippen molar-refractivity contribution >= 4 is 22.4 Å². The van der Waals surface area contributed by atoms with E-state index in [1.54, 1.807) is 23.5 Å². The van der Waals surface area contributed by atoms with Crippen LogP contribution >= 0.6 is 11.3 Å². The summed E-state index contributed by atoms with van der Waals surface area (Å²) in [6.45, 7) is 0.364. The molecule has 0 bridgehead atoms. The number of aliphatic hydroxyl groups is 1. The van der Waals surface area contributed by atoms with Crippen LogP contribution in [0.4, 0.5) is 13.9 Å². The van der Waals surface area contributed by atoms with E-state index >= 15 is 0 Å². The van der Waals surface area contributed by atoms with Gasteiger partial charge in [-0.1, -0.05) is 12.1 Å². The largest absolute Gasteiger partial charge is 0.435 e. The first-order chi connectivity index (χ1) is 13.4. The van der Waals surface area contributed by atoms with E-state index in [1.807, 2.05) is 31.3 Å². The molecule has 1 aromatic carbocycles. The van der Waals surface area contributed by atoms with Crippen molar-refractivity contribution in [1.82, 2.24) is 15.6 Å². The Bertz CT molecular complexity index is 753. The van der Waals surface area contributed by atoms with E-state index in [-0.39, 0.29) is 12.3 Å². The summed E-state index contributed by atoms with van der Waals surface area (Å²) < 4.78 is 28.7. The van der Waals surface area contributed by atoms with Crippen LogP contribution in [0.25, 0.3) is 0 Å². The van der Waals surface area contributed by atoms with Crippen molar-refractivity contribution in [1.29, 1.82) is 0 Å². The van der Waals surface area contributed by atoms with Gasteiger partial charge in [0, 0.05) is 32.6 Å². The summed E-state index contributed by atoms with van der Waals surface area (Å²) in [6, 6.07) is 5.89. The Hall–Kier alpha value is -2.46. The molecule has 0 aliphatic carbocycles. The second-order valence-corrected chi connectivity index (χ2v) is 6.89. The van der Waals surface area contributed by atoms with Gasteiger partial charge in [-0.15, -0.1) is 11.3 Å². The molecule has 154 valence electrons. The summed E-state index contributed by atoms with van der Waals surface area (Å²) in [7, 11) is 3.87. The van der Waals surface area contributed by atoms with Gasteiger partial charge in [0.1, 0.15) is 5.75 Å². The molecule has 2 rings (SSSR count). The van der Waals surface area contributed by atoms with Crippen LogP contribution in [0.5, 0.6) is 5.75 Å². The summed E-state index contributed by atoms with van der Waals surface area (Å²) in [5.74, 6) is 0.604. The number of anilines is 1. The maximum absolute atomic E-state index is 12.2. The van der Waals surface area contributed by atoms with Crippen LogP contribution in [0.15, 0.2) is 34.6 Å². The number of hydrogen-bond acceptors (Lipinski definition) is 6. The fourth-order valence-corrected chi connectivity index (χ4v) is 3.01. The monoisotopic (exact) mass is 413 g/mol. The van der Waals surface area contributed by atoms with E-state index in [0.717, 1.165) is 10.8 Å². The number of halogens is 2. The van der Waals surface area contributed by atoms with E-state index in [0.29, 0.717) is 24.6 Å². The number of alkyl halides is 2. The van der Waals surface area contributed by atoms with Crippen molar-refractivity contribution in [2.75, 3.05) is 32.1 Å². The molecule has 7 nitrogen and oxygen atoms in total. The number of nitrogens with one attached hydrogen (secondary N) is 2. The van der Waals surface area contributed by atoms with Crippen molar-refractivity contribution in [2.24, 2.45) is 4.99 Å². The van der Waals surface area contributed by atoms with Crippen LogP contribution < -0.4 is 20.3 Å². The lowest BCUT2D eigenvalue weighted by Gasteiger charge is -2.16. The number of benzene rings is 1. The van der Waals surface area contributed by atoms with Crippen LogP contribution in [-0.2, 0) is 6.54 Å². The minimum absolute atomic E-state index is 0.0502. The number of ether oxygens (including phenoxy) is 1. The van der Waals surface area contributed by atoms with Gasteiger partial charge < -0.3 is 25.4 Å². The van der Waals surface area contributed by atoms with E-state index < -0.39 is 12.7 Å². The summed E-state index contributed by atoms with van der Waals surface area (Å²) in [5, 5.41) is 19.4. The van der Waals surface area contributed by atoms with Gasteiger partial charge >= 0.3 is 6.61 Å². The number of aliphatic imine (C=N–C) groups is 1. The molecule has 10 heteroatoms. The average Bonchev–Trinajstić information content (AvgIpc) is 3.13. The molecule has 1 unspecified atom stereocenters. The molecule has 0 radical (unpaired) electrons. The normalized spacial score (nSPS) is 12.8. The molecule has 1 aromatic heterocycles. The molecule has 0 aliphatic heterocycles. The molecule has 1 heterocycles. The van der Waals surface area contributed by atoms with Gasteiger partial charge in [0.25, 0.3) is 0 Å². The lowest BCUT2D eigenvalue weighted by Crippen LogP contribution is -2.39. The summed E-state index contributed by atoms with van der Waals surface area (Å²) in [6.07, 6.45) is -0.830. The molecule has 0 aliphatic rings. The highest BCUT2D eigenvalue weighted by atomic mass is 32.1. The van der Waals surface area contributed by atoms with Gasteiger partial charge in [0.05, 0.1) is 18.3 Å². The Morgan fingerprint density at radius 2 is 2.00 bits per heavy atom. The zero-order chi connectivity index (χ0) is 20.5. The predicted molar refractivity (Wildman–Crippen MR) is 107 cm³/mol. The highest BCUT2D eigenvalue weighted by molar-refractivity contribution is 7.13. The number of aliphatic hydroxyl groups excluding tert-OH is 1. The topological polar surface area (TPSA) is 82.0 Å². The number of guanidine groups is 1. The van der Waals surface area contributed by atoms with Gasteiger partial charge in [0.2, 0.25) is 0 Å². The van der Waals surface area contributed by atoms with E-state index in [1.165, 1.54) is 12.1 Å². The minimum atomic E-state index is -2.87. The molecule has 0 spiro atoms. The van der Waals surface area contributed by atoms with E-state index in [2.05, 4.69) is 25.3 Å². The first-order valence-corrected chi connectivity index (χ1v) is 9.63. The Balaban J connectivity index is 1.91. The number of thiazole rings is 1. The van der Waals surface area contributed by atoms with Crippen LogP contribution in [0.2, 0.25) is 0 Å². The Kier molecular flexibility index (Phi) is 8.40. The van der Waals surface area contributed by atoms with Gasteiger partial charge in [-0.05, 0) is 24.6 Å². The third-order valence-corrected chi connectivity index (χ3v) is 4.68. The molecule has 0 fully saturated rings. The molecular weight excluding hydrogens is 388 g/mol. The lowest BCUT2D eigenvalue weighted by molar-refractivity contribution is -0.0498. The Morgan fingerprint density at radius 1 is 1.29 bits per heavy atom. The summed E-state index contributed by atoms with van der Waals surface area (Å²) in [4.78, 5) is 10.9. The zero-order valence-electron chi connectivity index (χ0n) is 16.0. The smallest absolute Gasteiger partial charge is 0.387 e. The van der Waals surface area contributed by atoms with Crippen molar-refractivity contribution in [3.05, 3.63) is 40.9 Å². The van der Waals surface area contributed by atoms with E-state index in [9.17, 15) is 13.9 Å². The molecule has 2 aromatic rings. The highest BCUT2D eigenvalue weighted by Gasteiger charge is 2.10. The molecule has 28 heavy (non-hydrogen) atoms. The minimum Gasteiger partial charge on any atom is -0.435 e. The predicted octanol–water partition coefficient (Wildman–Crippen LogP) is 2.60. The molecule has 3 N–H and O–H groups in total. The van der Waals surface area contributed by atoms with Crippen molar-refractivity contribution in [3.63, 3.8) is 0 Å². The van der Waals surface area contributed by atoms with Crippen molar-refractivity contribution in [3.8, 4) is 5.75 Å². The van der Waals surface area contributed by atoms with Gasteiger partial charge in [-0.3, -0.25) is 0 Å².